The molecule has 2 nitrogen and oxygen atoms in total. The lowest BCUT2D eigenvalue weighted by atomic mass is 10.1. The minimum absolute atomic E-state index is 0.425. The highest BCUT2D eigenvalue weighted by molar-refractivity contribution is 5.77. The molecule has 0 aromatic heterocycles. The van der Waals surface area contributed by atoms with Crippen LogP contribution < -0.4 is 5.73 Å². The van der Waals surface area contributed by atoms with E-state index in [2.05, 4.69) is 0 Å². The van der Waals surface area contributed by atoms with Crippen LogP contribution >= 0.6 is 0 Å². The van der Waals surface area contributed by atoms with Crippen LogP contribution in [0, 0.1) is 6.92 Å². The Morgan fingerprint density at radius 2 is 2.27 bits per heavy atom. The number of nitrogens with two attached hydrogens (primary N) is 1. The molecular formula is C9H11NO. The highest BCUT2D eigenvalue weighted by Crippen LogP contribution is 2.08. The third kappa shape index (κ3) is 1.65. The van der Waals surface area contributed by atoms with Gasteiger partial charge in [-0.05, 0) is 18.6 Å². The van der Waals surface area contributed by atoms with Crippen molar-refractivity contribution in [2.75, 3.05) is 0 Å². The molecule has 58 valence electrons. The number of carbonyl (C=O) groups excluding carboxylic acids is 1. The Kier molecular flexibility index (Phi) is 2.39. The molecule has 0 fully saturated rings. The quantitative estimate of drug-likeness (QED) is 0.643. The van der Waals surface area contributed by atoms with E-state index in [1.54, 1.807) is 0 Å². The summed E-state index contributed by atoms with van der Waals surface area (Å²) in [6.07, 6.45) is 0.842. The first-order valence-electron chi connectivity index (χ1n) is 3.52. The van der Waals surface area contributed by atoms with Gasteiger partial charge >= 0.3 is 0 Å². The molecule has 0 spiro atoms. The zero-order valence-corrected chi connectivity index (χ0v) is 6.50. The Morgan fingerprint density at radius 3 is 2.82 bits per heavy atom. The molecule has 0 saturated carbocycles. The van der Waals surface area contributed by atoms with Crippen molar-refractivity contribution in [2.45, 2.75) is 13.5 Å². The SMILES string of the molecule is Cc1ccc(CN)c(C=O)c1. The summed E-state index contributed by atoms with van der Waals surface area (Å²) in [6.45, 7) is 2.38. The molecule has 0 aliphatic rings. The van der Waals surface area contributed by atoms with Crippen molar-refractivity contribution in [3.63, 3.8) is 0 Å². The molecule has 0 amide bonds. The summed E-state index contributed by atoms with van der Waals surface area (Å²) in [5, 5.41) is 0. The molecule has 0 radical (unpaired) electrons. The number of hydrogen-bond acceptors (Lipinski definition) is 2. The maximum atomic E-state index is 10.5. The molecule has 2 N–H and O–H groups in total. The number of rotatable bonds is 2. The Morgan fingerprint density at radius 1 is 1.55 bits per heavy atom. The van der Waals surface area contributed by atoms with Gasteiger partial charge in [0.1, 0.15) is 6.29 Å². The van der Waals surface area contributed by atoms with Crippen molar-refractivity contribution in [3.05, 3.63) is 34.9 Å². The number of hydrogen-bond donors (Lipinski definition) is 1. The van der Waals surface area contributed by atoms with Gasteiger partial charge in [0.15, 0.2) is 0 Å². The largest absolute Gasteiger partial charge is 0.326 e. The predicted molar refractivity (Wildman–Crippen MR) is 44.5 cm³/mol. The number of aryl methyl sites for hydroxylation is 1. The van der Waals surface area contributed by atoms with Crippen LogP contribution in [0.25, 0.3) is 0 Å². The van der Waals surface area contributed by atoms with E-state index in [0.717, 1.165) is 17.4 Å². The highest BCUT2D eigenvalue weighted by atomic mass is 16.1. The van der Waals surface area contributed by atoms with Gasteiger partial charge in [-0.15, -0.1) is 0 Å². The van der Waals surface area contributed by atoms with E-state index in [1.165, 1.54) is 0 Å². The van der Waals surface area contributed by atoms with E-state index in [9.17, 15) is 4.79 Å². The molecular weight excluding hydrogens is 138 g/mol. The number of aldehydes is 1. The summed E-state index contributed by atoms with van der Waals surface area (Å²) in [5.74, 6) is 0. The summed E-state index contributed by atoms with van der Waals surface area (Å²) < 4.78 is 0. The van der Waals surface area contributed by atoms with Crippen molar-refractivity contribution < 1.29 is 4.79 Å². The van der Waals surface area contributed by atoms with Crippen LogP contribution in [-0.4, -0.2) is 6.29 Å². The molecule has 2 heteroatoms. The molecule has 11 heavy (non-hydrogen) atoms. The highest BCUT2D eigenvalue weighted by Gasteiger charge is 1.97. The van der Waals surface area contributed by atoms with Crippen molar-refractivity contribution in [1.29, 1.82) is 0 Å². The Bertz CT molecular complexity index is 268. The van der Waals surface area contributed by atoms with E-state index in [4.69, 9.17) is 5.73 Å². The zero-order chi connectivity index (χ0) is 8.27. The third-order valence-electron chi connectivity index (χ3n) is 1.65. The molecule has 1 aromatic carbocycles. The van der Waals surface area contributed by atoms with Crippen LogP contribution in [0.1, 0.15) is 21.5 Å². The second-order valence-electron chi connectivity index (χ2n) is 2.52. The van der Waals surface area contributed by atoms with Gasteiger partial charge < -0.3 is 5.73 Å². The summed E-state index contributed by atoms with van der Waals surface area (Å²) in [5.41, 5.74) is 8.11. The molecule has 1 aromatic rings. The van der Waals surface area contributed by atoms with E-state index < -0.39 is 0 Å². The zero-order valence-electron chi connectivity index (χ0n) is 6.50. The molecule has 0 aliphatic carbocycles. The first kappa shape index (κ1) is 7.95. The minimum Gasteiger partial charge on any atom is -0.326 e. The smallest absolute Gasteiger partial charge is 0.150 e. The van der Waals surface area contributed by atoms with Gasteiger partial charge in [-0.3, -0.25) is 4.79 Å². The molecule has 0 aliphatic heterocycles. The second kappa shape index (κ2) is 3.30. The lowest BCUT2D eigenvalue weighted by Gasteiger charge is -2.01. The van der Waals surface area contributed by atoms with Gasteiger partial charge in [-0.1, -0.05) is 17.7 Å². The molecule has 1 rings (SSSR count). The van der Waals surface area contributed by atoms with Crippen LogP contribution in [0.4, 0.5) is 0 Å². The molecule has 0 saturated heterocycles. The van der Waals surface area contributed by atoms with E-state index in [-0.39, 0.29) is 0 Å². The van der Waals surface area contributed by atoms with Crippen LogP contribution in [0.2, 0.25) is 0 Å². The average Bonchev–Trinajstić information content (AvgIpc) is 2.04. The van der Waals surface area contributed by atoms with Crippen molar-refractivity contribution in [1.82, 2.24) is 0 Å². The van der Waals surface area contributed by atoms with Crippen LogP contribution in [0.5, 0.6) is 0 Å². The van der Waals surface area contributed by atoms with E-state index in [1.807, 2.05) is 25.1 Å². The fourth-order valence-corrected chi connectivity index (χ4v) is 1.01. The lowest BCUT2D eigenvalue weighted by Crippen LogP contribution is -2.00. The van der Waals surface area contributed by atoms with Gasteiger partial charge in [0.2, 0.25) is 0 Å². The fourth-order valence-electron chi connectivity index (χ4n) is 1.01. The fraction of sp³-hybridized carbons (Fsp3) is 0.222. The van der Waals surface area contributed by atoms with Gasteiger partial charge in [-0.25, -0.2) is 0 Å². The summed E-state index contributed by atoms with van der Waals surface area (Å²) >= 11 is 0. The first-order chi connectivity index (χ1) is 5.27. The maximum absolute atomic E-state index is 10.5. The Labute approximate surface area is 66.0 Å². The molecule has 0 heterocycles. The van der Waals surface area contributed by atoms with Gasteiger partial charge in [0.25, 0.3) is 0 Å². The molecule has 0 bridgehead atoms. The molecule has 0 unspecified atom stereocenters. The summed E-state index contributed by atoms with van der Waals surface area (Å²) in [6, 6.07) is 5.68. The second-order valence-corrected chi connectivity index (χ2v) is 2.52. The van der Waals surface area contributed by atoms with Gasteiger partial charge in [-0.2, -0.15) is 0 Å². The number of carbonyl (C=O) groups is 1. The molecule has 0 atom stereocenters. The first-order valence-corrected chi connectivity index (χ1v) is 3.52. The van der Waals surface area contributed by atoms with Crippen molar-refractivity contribution >= 4 is 6.29 Å². The van der Waals surface area contributed by atoms with E-state index >= 15 is 0 Å². The minimum atomic E-state index is 0.425. The number of benzene rings is 1. The summed E-state index contributed by atoms with van der Waals surface area (Å²) in [4.78, 5) is 10.5. The van der Waals surface area contributed by atoms with Crippen LogP contribution in [0.3, 0.4) is 0 Å². The Balaban J connectivity index is 3.16. The van der Waals surface area contributed by atoms with Crippen molar-refractivity contribution in [2.24, 2.45) is 5.73 Å². The third-order valence-corrected chi connectivity index (χ3v) is 1.65. The topological polar surface area (TPSA) is 43.1 Å². The Hall–Kier alpha value is -1.15. The maximum Gasteiger partial charge on any atom is 0.150 e. The standard InChI is InChI=1S/C9H11NO/c1-7-2-3-8(5-10)9(4-7)6-11/h2-4,6H,5,10H2,1H3. The normalized spacial score (nSPS) is 9.64. The monoisotopic (exact) mass is 149 g/mol. The van der Waals surface area contributed by atoms with Crippen molar-refractivity contribution in [3.8, 4) is 0 Å². The summed E-state index contributed by atoms with van der Waals surface area (Å²) in [7, 11) is 0. The lowest BCUT2D eigenvalue weighted by molar-refractivity contribution is 0.112. The van der Waals surface area contributed by atoms with Gasteiger partial charge in [0.05, 0.1) is 0 Å². The van der Waals surface area contributed by atoms with Crippen LogP contribution in [0.15, 0.2) is 18.2 Å². The van der Waals surface area contributed by atoms with E-state index in [0.29, 0.717) is 12.1 Å². The van der Waals surface area contributed by atoms with Gasteiger partial charge in [0, 0.05) is 12.1 Å². The van der Waals surface area contributed by atoms with Crippen LogP contribution in [-0.2, 0) is 6.54 Å². The average molecular weight is 149 g/mol. The predicted octanol–water partition coefficient (Wildman–Crippen LogP) is 1.27.